The predicted octanol–water partition coefficient (Wildman–Crippen LogP) is 0.318. The monoisotopic (exact) mass is 115 g/mol. The Bertz CT molecular complexity index is 64.0. The van der Waals surface area contributed by atoms with E-state index in [0.29, 0.717) is 0 Å². The fourth-order valence-corrected chi connectivity index (χ4v) is 0. The van der Waals surface area contributed by atoms with E-state index >= 15 is 0 Å². The van der Waals surface area contributed by atoms with Crippen molar-refractivity contribution in [1.82, 2.24) is 0 Å². The standard InChI is InChI=1S/C3H5ClO2.Li/c1-2(4)3(5)6;/h2H,1H3,(H,5,6);. The van der Waals surface area contributed by atoms with Gasteiger partial charge in [0.1, 0.15) is 5.38 Å². The van der Waals surface area contributed by atoms with E-state index in [4.69, 9.17) is 16.7 Å². The van der Waals surface area contributed by atoms with E-state index < -0.39 is 11.3 Å². The van der Waals surface area contributed by atoms with Crippen molar-refractivity contribution in [1.29, 1.82) is 0 Å². The molecular formula is C3H5ClLiO2. The molecule has 0 aromatic heterocycles. The van der Waals surface area contributed by atoms with Gasteiger partial charge in [0, 0.05) is 18.9 Å². The second-order valence-corrected chi connectivity index (χ2v) is 1.61. The normalized spacial score (nSPS) is 11.7. The van der Waals surface area contributed by atoms with Crippen LogP contribution in [0.3, 0.4) is 0 Å². The molecule has 0 heterocycles. The molecule has 0 aromatic carbocycles. The molecular weight excluding hydrogens is 110 g/mol. The number of alkyl halides is 1. The first-order valence-electron chi connectivity index (χ1n) is 1.51. The van der Waals surface area contributed by atoms with Crippen LogP contribution < -0.4 is 0 Å². The van der Waals surface area contributed by atoms with Gasteiger partial charge in [-0.05, 0) is 6.92 Å². The minimum absolute atomic E-state index is 0. The number of hydrogen-bond donors (Lipinski definition) is 1. The van der Waals surface area contributed by atoms with Crippen LogP contribution in [0.4, 0.5) is 0 Å². The van der Waals surface area contributed by atoms with Gasteiger partial charge in [0.05, 0.1) is 0 Å². The average Bonchev–Trinajstić information content (AvgIpc) is 1.36. The van der Waals surface area contributed by atoms with Crippen LogP contribution in [-0.2, 0) is 4.79 Å². The van der Waals surface area contributed by atoms with Crippen molar-refractivity contribution in [3.05, 3.63) is 0 Å². The zero-order valence-corrected chi connectivity index (χ0v) is 5.07. The molecule has 37 valence electrons. The second kappa shape index (κ2) is 4.51. The fraction of sp³-hybridized carbons (Fsp3) is 0.667. The van der Waals surface area contributed by atoms with Crippen LogP contribution in [-0.4, -0.2) is 35.3 Å². The molecule has 1 N–H and O–H groups in total. The number of carboxylic acids is 1. The summed E-state index contributed by atoms with van der Waals surface area (Å²) in [6.07, 6.45) is 0. The molecule has 0 rings (SSSR count). The SMILES string of the molecule is CC(Cl)C(=O)O.[Li]. The zero-order chi connectivity index (χ0) is 5.15. The summed E-state index contributed by atoms with van der Waals surface area (Å²) >= 11 is 5.01. The summed E-state index contributed by atoms with van der Waals surface area (Å²) in [5.74, 6) is -0.975. The van der Waals surface area contributed by atoms with Gasteiger partial charge in [0.25, 0.3) is 0 Å². The van der Waals surface area contributed by atoms with Crippen LogP contribution >= 0.6 is 11.6 Å². The Kier molecular flexibility index (Phi) is 6.68. The molecule has 0 spiro atoms. The van der Waals surface area contributed by atoms with Gasteiger partial charge in [-0.25, -0.2) is 0 Å². The molecule has 0 saturated heterocycles. The Balaban J connectivity index is 0. The predicted molar refractivity (Wildman–Crippen MR) is 28.7 cm³/mol. The molecule has 0 bridgehead atoms. The molecule has 4 heteroatoms. The first-order valence-corrected chi connectivity index (χ1v) is 1.95. The Morgan fingerprint density at radius 3 is 2.00 bits per heavy atom. The molecule has 0 aliphatic rings. The minimum atomic E-state index is -0.975. The number of rotatable bonds is 1. The van der Waals surface area contributed by atoms with Gasteiger partial charge in [-0.2, -0.15) is 0 Å². The molecule has 2 nitrogen and oxygen atoms in total. The fourth-order valence-electron chi connectivity index (χ4n) is 0. The maximum Gasteiger partial charge on any atom is 0.321 e. The molecule has 0 amide bonds. The molecule has 0 aliphatic carbocycles. The van der Waals surface area contributed by atoms with Gasteiger partial charge in [-0.15, -0.1) is 11.6 Å². The summed E-state index contributed by atoms with van der Waals surface area (Å²) in [5.41, 5.74) is 0. The van der Waals surface area contributed by atoms with Crippen molar-refractivity contribution in [3.63, 3.8) is 0 Å². The van der Waals surface area contributed by atoms with Crippen molar-refractivity contribution in [2.45, 2.75) is 12.3 Å². The van der Waals surface area contributed by atoms with Crippen molar-refractivity contribution in [3.8, 4) is 0 Å². The zero-order valence-electron chi connectivity index (χ0n) is 4.31. The third kappa shape index (κ3) is 6.36. The van der Waals surface area contributed by atoms with Crippen molar-refractivity contribution < 1.29 is 9.90 Å². The van der Waals surface area contributed by atoms with Crippen molar-refractivity contribution in [2.24, 2.45) is 0 Å². The molecule has 1 atom stereocenters. The van der Waals surface area contributed by atoms with Gasteiger partial charge in [-0.3, -0.25) is 4.79 Å². The summed E-state index contributed by atoms with van der Waals surface area (Å²) in [7, 11) is 0. The Hall–Kier alpha value is 0.357. The van der Waals surface area contributed by atoms with E-state index in [-0.39, 0.29) is 18.9 Å². The summed E-state index contributed by atoms with van der Waals surface area (Å²) in [5, 5.41) is 7.10. The maximum atomic E-state index is 9.57. The van der Waals surface area contributed by atoms with Crippen LogP contribution in [0.25, 0.3) is 0 Å². The number of halogens is 1. The van der Waals surface area contributed by atoms with Gasteiger partial charge >= 0.3 is 5.97 Å². The van der Waals surface area contributed by atoms with E-state index in [1.54, 1.807) is 0 Å². The molecule has 1 radical (unpaired) electrons. The van der Waals surface area contributed by atoms with Crippen LogP contribution in [0.1, 0.15) is 6.92 Å². The number of aliphatic carboxylic acids is 1. The quantitative estimate of drug-likeness (QED) is 0.395. The van der Waals surface area contributed by atoms with Crippen LogP contribution in [0.2, 0.25) is 0 Å². The third-order valence-electron chi connectivity index (χ3n) is 0.340. The summed E-state index contributed by atoms with van der Waals surface area (Å²) < 4.78 is 0. The first-order chi connectivity index (χ1) is 2.64. The Labute approximate surface area is 59.0 Å². The topological polar surface area (TPSA) is 37.3 Å². The summed E-state index contributed by atoms with van der Waals surface area (Å²) in [6.45, 7) is 1.41. The number of hydrogen-bond acceptors (Lipinski definition) is 1. The van der Waals surface area contributed by atoms with Gasteiger partial charge < -0.3 is 5.11 Å². The van der Waals surface area contributed by atoms with E-state index in [9.17, 15) is 4.79 Å². The molecule has 0 saturated carbocycles. The summed E-state index contributed by atoms with van der Waals surface area (Å²) in [6, 6.07) is 0. The minimum Gasteiger partial charge on any atom is -0.480 e. The van der Waals surface area contributed by atoms with Crippen LogP contribution in [0.15, 0.2) is 0 Å². The van der Waals surface area contributed by atoms with Crippen molar-refractivity contribution >= 4 is 36.4 Å². The third-order valence-corrected chi connectivity index (χ3v) is 0.527. The van der Waals surface area contributed by atoms with Crippen LogP contribution in [0, 0.1) is 0 Å². The molecule has 0 fully saturated rings. The molecule has 0 aromatic rings. The second-order valence-electron chi connectivity index (χ2n) is 0.954. The molecule has 1 unspecified atom stereocenters. The van der Waals surface area contributed by atoms with Gasteiger partial charge in [0.2, 0.25) is 0 Å². The van der Waals surface area contributed by atoms with E-state index in [1.165, 1.54) is 6.92 Å². The maximum absolute atomic E-state index is 9.57. The first kappa shape index (κ1) is 10.4. The number of carboxylic acid groups (broad SMARTS) is 1. The van der Waals surface area contributed by atoms with E-state index in [2.05, 4.69) is 0 Å². The van der Waals surface area contributed by atoms with Gasteiger partial charge in [-0.1, -0.05) is 0 Å². The molecule has 0 aliphatic heterocycles. The summed E-state index contributed by atoms with van der Waals surface area (Å²) in [4.78, 5) is 9.57. The van der Waals surface area contributed by atoms with Crippen molar-refractivity contribution in [2.75, 3.05) is 0 Å². The average molecular weight is 115 g/mol. The Morgan fingerprint density at radius 1 is 1.86 bits per heavy atom. The Morgan fingerprint density at radius 2 is 2.00 bits per heavy atom. The molecule has 7 heavy (non-hydrogen) atoms. The van der Waals surface area contributed by atoms with E-state index in [1.807, 2.05) is 0 Å². The number of carbonyl (C=O) groups is 1. The van der Waals surface area contributed by atoms with Gasteiger partial charge in [0.15, 0.2) is 0 Å². The van der Waals surface area contributed by atoms with Crippen LogP contribution in [0.5, 0.6) is 0 Å². The smallest absolute Gasteiger partial charge is 0.321 e. The van der Waals surface area contributed by atoms with E-state index in [0.717, 1.165) is 0 Å². The largest absolute Gasteiger partial charge is 0.480 e.